The summed E-state index contributed by atoms with van der Waals surface area (Å²) >= 11 is 13.8. The average Bonchev–Trinajstić information content (AvgIpc) is 3.36. The second-order valence-corrected chi connectivity index (χ2v) is 14.6. The zero-order valence-corrected chi connectivity index (χ0v) is 26.5. The number of hydrogen-bond donors (Lipinski definition) is 2. The van der Waals surface area contributed by atoms with E-state index in [0.717, 1.165) is 17.8 Å². The molecule has 0 unspecified atom stereocenters. The third kappa shape index (κ3) is 8.21. The Balaban J connectivity index is 1.75. The molecule has 0 fully saturated rings. The topological polar surface area (TPSA) is 119 Å². The summed E-state index contributed by atoms with van der Waals surface area (Å²) < 4.78 is 106. The van der Waals surface area contributed by atoms with Gasteiger partial charge in [0.25, 0.3) is 25.2 Å². The van der Waals surface area contributed by atoms with Crippen molar-refractivity contribution in [3.05, 3.63) is 68.9 Å². The van der Waals surface area contributed by atoms with E-state index in [1.807, 2.05) is 16.7 Å². The largest absolute Gasteiger partial charge is 0.416 e. The van der Waals surface area contributed by atoms with Crippen LogP contribution in [0.25, 0.3) is 16.3 Å². The standard InChI is InChI=1S/C26H26Cl2F3N3O6S3/c1-2-32-20-15-18(27)19(28)16-21(20)33(10-4-12-42(35,36)37)24(32)6-3-7-25-34(11-5-13-43(38,39)40)22-14-17(26(29,30)31)8-9-23(22)41-25/h3,6-9,14-16H,2,4-5,10-13H2,1H3,(H-,35,36,37,38,39,40)/p+1. The minimum Gasteiger partial charge on any atom is -0.326 e. The van der Waals surface area contributed by atoms with Gasteiger partial charge in [0, 0.05) is 31.7 Å². The number of hydrogen-bond acceptors (Lipinski definition) is 7. The molecule has 4 rings (SSSR count). The predicted molar refractivity (Wildman–Crippen MR) is 163 cm³/mol. The first-order valence-electron chi connectivity index (χ1n) is 12.8. The number of rotatable bonds is 11. The summed E-state index contributed by atoms with van der Waals surface area (Å²) in [6.07, 6.45) is 0.586. The van der Waals surface area contributed by atoms with E-state index in [0.29, 0.717) is 37.8 Å². The molecule has 0 atom stereocenters. The first-order valence-corrected chi connectivity index (χ1v) is 17.6. The first-order chi connectivity index (χ1) is 20.0. The fourth-order valence-electron chi connectivity index (χ4n) is 4.76. The van der Waals surface area contributed by atoms with Crippen LogP contribution in [0.5, 0.6) is 0 Å². The molecule has 0 saturated heterocycles. The first kappa shape index (κ1) is 33.5. The maximum Gasteiger partial charge on any atom is 0.416 e. The Morgan fingerprint density at radius 3 is 2.14 bits per heavy atom. The zero-order valence-electron chi connectivity index (χ0n) is 22.6. The highest BCUT2D eigenvalue weighted by Gasteiger charge is 2.33. The summed E-state index contributed by atoms with van der Waals surface area (Å²) in [6, 6.07) is 6.69. The third-order valence-electron chi connectivity index (χ3n) is 6.58. The van der Waals surface area contributed by atoms with Crippen LogP contribution in [0.2, 0.25) is 10.0 Å². The Morgan fingerprint density at radius 1 is 0.953 bits per heavy atom. The van der Waals surface area contributed by atoms with Crippen molar-refractivity contribution in [1.29, 1.82) is 0 Å². The van der Waals surface area contributed by atoms with E-state index < -0.39 is 43.5 Å². The molecule has 2 aromatic carbocycles. The van der Waals surface area contributed by atoms with Crippen molar-refractivity contribution in [2.45, 2.75) is 32.5 Å². The van der Waals surface area contributed by atoms with Gasteiger partial charge in [0.2, 0.25) is 5.52 Å². The summed E-state index contributed by atoms with van der Waals surface area (Å²) in [5, 5.41) is 1.15. The monoisotopic (exact) mass is 700 g/mol. The molecule has 43 heavy (non-hydrogen) atoms. The molecule has 0 bridgehead atoms. The number of alkyl halides is 3. The van der Waals surface area contributed by atoms with E-state index in [2.05, 4.69) is 0 Å². The Bertz CT molecular complexity index is 1810. The van der Waals surface area contributed by atoms with Gasteiger partial charge in [-0.25, -0.2) is 0 Å². The van der Waals surface area contributed by atoms with Gasteiger partial charge in [-0.15, -0.1) is 0 Å². The maximum absolute atomic E-state index is 13.4. The molecular weight excluding hydrogens is 674 g/mol. The van der Waals surface area contributed by atoms with Gasteiger partial charge in [0.15, 0.2) is 6.54 Å². The Morgan fingerprint density at radius 2 is 1.56 bits per heavy atom. The van der Waals surface area contributed by atoms with Crippen molar-refractivity contribution in [1.82, 2.24) is 0 Å². The molecule has 1 aliphatic heterocycles. The van der Waals surface area contributed by atoms with E-state index in [-0.39, 0.29) is 31.4 Å². The van der Waals surface area contributed by atoms with Gasteiger partial charge in [-0.2, -0.15) is 34.6 Å². The van der Waals surface area contributed by atoms with Crippen LogP contribution >= 0.6 is 34.5 Å². The lowest BCUT2D eigenvalue weighted by atomic mass is 10.2. The molecule has 0 radical (unpaired) electrons. The molecule has 1 aromatic heterocycles. The van der Waals surface area contributed by atoms with Crippen LogP contribution in [0.15, 0.2) is 48.3 Å². The minimum atomic E-state index is -4.57. The van der Waals surface area contributed by atoms with Crippen LogP contribution in [-0.4, -0.2) is 50.5 Å². The van der Waals surface area contributed by atoms with Crippen LogP contribution in [-0.2, 0) is 33.0 Å². The number of nitrogens with zero attached hydrogens (tertiary/aromatic N) is 3. The highest BCUT2D eigenvalue weighted by Crippen LogP contribution is 2.45. The van der Waals surface area contributed by atoms with Crippen molar-refractivity contribution < 1.29 is 43.7 Å². The summed E-state index contributed by atoms with van der Waals surface area (Å²) in [4.78, 5) is 3.76. The maximum atomic E-state index is 13.4. The van der Waals surface area contributed by atoms with Gasteiger partial charge >= 0.3 is 6.18 Å². The van der Waals surface area contributed by atoms with Crippen molar-refractivity contribution in [3.63, 3.8) is 0 Å². The van der Waals surface area contributed by atoms with Crippen molar-refractivity contribution >= 4 is 82.4 Å². The highest BCUT2D eigenvalue weighted by molar-refractivity contribution is 7.86. The van der Waals surface area contributed by atoms with E-state index in [9.17, 15) is 34.6 Å². The number of halogens is 5. The average molecular weight is 702 g/mol. The molecule has 3 aromatic rings. The molecule has 0 saturated carbocycles. The lowest BCUT2D eigenvalue weighted by Gasteiger charge is -2.24. The van der Waals surface area contributed by atoms with Crippen LogP contribution < -0.4 is 14.4 Å². The highest BCUT2D eigenvalue weighted by atomic mass is 35.5. The molecule has 0 amide bonds. The number of anilines is 2. The summed E-state index contributed by atoms with van der Waals surface area (Å²) in [5.41, 5.74) is 0.819. The quantitative estimate of drug-likeness (QED) is 0.178. The molecule has 9 nitrogen and oxygen atoms in total. The van der Waals surface area contributed by atoms with Gasteiger partial charge in [0.05, 0.1) is 38.5 Å². The van der Waals surface area contributed by atoms with Crippen molar-refractivity contribution in [2.75, 3.05) is 34.4 Å². The summed E-state index contributed by atoms with van der Waals surface area (Å²) in [7, 11) is -8.46. The fraction of sp³-hybridized carbons (Fsp3) is 0.346. The smallest absolute Gasteiger partial charge is 0.326 e. The van der Waals surface area contributed by atoms with Crippen LogP contribution in [0, 0.1) is 0 Å². The zero-order chi connectivity index (χ0) is 31.7. The molecule has 17 heteroatoms. The van der Waals surface area contributed by atoms with Gasteiger partial charge in [-0.05, 0) is 43.7 Å². The fourth-order valence-corrected chi connectivity index (χ4v) is 7.14. The Hall–Kier alpha value is -2.40. The van der Waals surface area contributed by atoms with E-state index >= 15 is 0 Å². The molecule has 1 aliphatic rings. The second-order valence-electron chi connectivity index (χ2n) is 9.59. The van der Waals surface area contributed by atoms with Crippen molar-refractivity contribution in [2.24, 2.45) is 0 Å². The van der Waals surface area contributed by atoms with E-state index in [1.54, 1.807) is 34.9 Å². The van der Waals surface area contributed by atoms with Crippen LogP contribution in [0.1, 0.15) is 30.3 Å². The molecule has 0 spiro atoms. The minimum absolute atomic E-state index is 0.0304. The summed E-state index contributed by atoms with van der Waals surface area (Å²) in [6.45, 7) is 2.64. The molecular formula is C26H27Cl2F3N3O6S3+. The van der Waals surface area contributed by atoms with Gasteiger partial charge in [0.1, 0.15) is 10.5 Å². The number of fused-ring (bicyclic) bond motifs is 2. The van der Waals surface area contributed by atoms with Crippen LogP contribution in [0.3, 0.4) is 0 Å². The van der Waals surface area contributed by atoms with E-state index in [1.165, 1.54) is 17.4 Å². The van der Waals surface area contributed by atoms with Crippen LogP contribution in [0.4, 0.5) is 24.5 Å². The van der Waals surface area contributed by atoms with Gasteiger partial charge < -0.3 is 9.80 Å². The van der Waals surface area contributed by atoms with Crippen molar-refractivity contribution in [3.8, 4) is 0 Å². The number of aromatic nitrogens is 1. The second kappa shape index (κ2) is 12.9. The predicted octanol–water partition coefficient (Wildman–Crippen LogP) is 6.27. The lowest BCUT2D eigenvalue weighted by Crippen LogP contribution is -2.36. The van der Waals surface area contributed by atoms with Gasteiger partial charge in [-0.3, -0.25) is 9.11 Å². The molecule has 2 N–H and O–H groups in total. The Labute approximate surface area is 260 Å². The number of allylic oxidation sites excluding steroid dienone is 2. The third-order valence-corrected chi connectivity index (χ3v) is 10.0. The SMILES string of the molecule is CCN1/C(=C/C=C/c2sc3ccc(C(F)(F)F)cc3[n+]2CCCS(=O)(=O)O)N(CCCS(=O)(=O)O)c2cc(Cl)c(Cl)cc21. The van der Waals surface area contributed by atoms with Gasteiger partial charge in [-0.1, -0.05) is 40.6 Å². The number of benzene rings is 2. The molecule has 2 heterocycles. The lowest BCUT2D eigenvalue weighted by molar-refractivity contribution is -0.668. The number of thiazole rings is 1. The molecule has 0 aliphatic carbocycles. The summed E-state index contributed by atoms with van der Waals surface area (Å²) in [5.74, 6) is -0.377. The normalized spacial score (nSPS) is 15.4. The van der Waals surface area contributed by atoms with E-state index in [4.69, 9.17) is 27.8 Å². The molecule has 234 valence electrons. The number of aryl methyl sites for hydroxylation is 1. The Kier molecular flexibility index (Phi) is 10.1.